The van der Waals surface area contributed by atoms with Crippen molar-refractivity contribution in [3.63, 3.8) is 0 Å². The van der Waals surface area contributed by atoms with Crippen molar-refractivity contribution >= 4 is 39.5 Å². The number of aromatic nitrogens is 5. The fourth-order valence-electron chi connectivity index (χ4n) is 5.68. The molecule has 12 heteroatoms. The monoisotopic (exact) mass is 610 g/mol. The van der Waals surface area contributed by atoms with E-state index in [4.69, 9.17) is 4.98 Å². The number of pyridine rings is 1. The minimum atomic E-state index is -1.52. The minimum Gasteiger partial charge on any atom is -0.606 e. The number of hydrogen-bond donors (Lipinski definition) is 2. The number of nitrogens with one attached hydrogen (secondary N) is 2. The average Bonchev–Trinajstić information content (AvgIpc) is 3.89. The summed E-state index contributed by atoms with van der Waals surface area (Å²) in [6.45, 7) is 4.50. The van der Waals surface area contributed by atoms with Gasteiger partial charge in [-0.2, -0.15) is 15.2 Å². The van der Waals surface area contributed by atoms with E-state index in [0.717, 1.165) is 32.5 Å². The molecule has 2 unspecified atom stereocenters. The summed E-state index contributed by atoms with van der Waals surface area (Å²) in [5.74, 6) is 0.0949. The summed E-state index contributed by atoms with van der Waals surface area (Å²) >= 11 is -1.52. The average molecular weight is 611 g/mol. The van der Waals surface area contributed by atoms with E-state index in [2.05, 4.69) is 37.6 Å². The van der Waals surface area contributed by atoms with Crippen LogP contribution in [0.4, 0.5) is 21.7 Å². The van der Waals surface area contributed by atoms with Crippen LogP contribution >= 0.6 is 0 Å². The maximum atomic E-state index is 15.3. The molecule has 2 N–H and O–H groups in total. The van der Waals surface area contributed by atoms with Crippen LogP contribution in [0.15, 0.2) is 87.8 Å². The van der Waals surface area contributed by atoms with E-state index in [0.29, 0.717) is 43.3 Å². The van der Waals surface area contributed by atoms with Crippen LogP contribution < -0.4 is 21.1 Å². The fourth-order valence-corrected chi connectivity index (χ4v) is 6.84. The van der Waals surface area contributed by atoms with Gasteiger partial charge in [0.05, 0.1) is 18.4 Å². The van der Waals surface area contributed by atoms with Gasteiger partial charge in [-0.05, 0) is 62.1 Å². The van der Waals surface area contributed by atoms with Crippen molar-refractivity contribution in [1.29, 1.82) is 0 Å². The zero-order valence-electron chi connectivity index (χ0n) is 24.1. The lowest BCUT2D eigenvalue weighted by molar-refractivity contribution is 0.491. The Morgan fingerprint density at radius 2 is 1.91 bits per heavy atom. The highest BCUT2D eigenvalue weighted by atomic mass is 32.2. The quantitative estimate of drug-likeness (QED) is 0.247. The van der Waals surface area contributed by atoms with Gasteiger partial charge in [-0.15, -0.1) is 0 Å². The van der Waals surface area contributed by atoms with Gasteiger partial charge in [0.2, 0.25) is 5.95 Å². The molecule has 10 nitrogen and oxygen atoms in total. The molecule has 7 rings (SSSR count). The summed E-state index contributed by atoms with van der Waals surface area (Å²) in [5, 5.41) is 15.2. The first kappa shape index (κ1) is 28.4. The number of rotatable bonds is 8. The van der Waals surface area contributed by atoms with E-state index in [1.54, 1.807) is 41.2 Å². The van der Waals surface area contributed by atoms with Gasteiger partial charge in [0.15, 0.2) is 9.79 Å². The van der Waals surface area contributed by atoms with Crippen LogP contribution in [0.25, 0.3) is 11.0 Å². The lowest BCUT2D eigenvalue weighted by atomic mass is 10.1. The number of fused-ring (bicyclic) bond motifs is 1. The van der Waals surface area contributed by atoms with Crippen LogP contribution in [-0.2, 0) is 17.7 Å². The van der Waals surface area contributed by atoms with E-state index in [-0.39, 0.29) is 35.8 Å². The number of anilines is 3. The molecule has 0 spiro atoms. The molecule has 0 amide bonds. The number of halogens is 1. The Morgan fingerprint density at radius 3 is 2.68 bits per heavy atom. The van der Waals surface area contributed by atoms with Gasteiger partial charge < -0.3 is 20.1 Å². The smallest absolute Gasteiger partial charge is 0.256 e. The van der Waals surface area contributed by atoms with E-state index >= 15 is 4.39 Å². The molecule has 0 radical (unpaired) electrons. The number of benzene rings is 2. The summed E-state index contributed by atoms with van der Waals surface area (Å²) in [6, 6.07) is 16.2. The molecule has 3 aromatic heterocycles. The standard InChI is InChI=1S/C32H31FN8O2S/c1-20-15-34-11-12-40(20)28-10-9-24(14-27(28)33)38-32-35-16-22-13-26(21-7-8-21)31(42)41(30(22)39-32)19-23-17-36-37-18-29(23)44(43)25-5-3-2-4-6-25/h2-6,9-10,13-14,16-18,20-21,34H,7-8,11-12,15,19H2,1H3,(H,35,38,39). The molecular formula is C32H31FN8O2S. The summed E-state index contributed by atoms with van der Waals surface area (Å²) in [5.41, 5.74) is 2.63. The van der Waals surface area contributed by atoms with Gasteiger partial charge in [0.25, 0.3) is 5.56 Å². The van der Waals surface area contributed by atoms with Crippen molar-refractivity contribution in [3.8, 4) is 0 Å². The van der Waals surface area contributed by atoms with Crippen molar-refractivity contribution in [1.82, 2.24) is 30.0 Å². The molecule has 5 aromatic rings. The molecule has 2 aromatic carbocycles. The Kier molecular flexibility index (Phi) is 7.71. The van der Waals surface area contributed by atoms with Gasteiger partial charge >= 0.3 is 0 Å². The Balaban J connectivity index is 1.24. The molecule has 2 atom stereocenters. The second-order valence-electron chi connectivity index (χ2n) is 11.2. The van der Waals surface area contributed by atoms with E-state index in [9.17, 15) is 9.35 Å². The molecule has 44 heavy (non-hydrogen) atoms. The molecule has 1 saturated carbocycles. The topological polar surface area (TPSA) is 124 Å². The molecule has 4 heterocycles. The Hall–Kier alpha value is -4.39. The Morgan fingerprint density at radius 1 is 1.09 bits per heavy atom. The molecule has 224 valence electrons. The van der Waals surface area contributed by atoms with Gasteiger partial charge in [-0.25, -0.2) is 9.37 Å². The zero-order chi connectivity index (χ0) is 30.2. The molecule has 2 aliphatic rings. The van der Waals surface area contributed by atoms with Crippen LogP contribution in [0.3, 0.4) is 0 Å². The first-order valence-corrected chi connectivity index (χ1v) is 15.8. The predicted octanol–water partition coefficient (Wildman–Crippen LogP) is 4.35. The van der Waals surface area contributed by atoms with Gasteiger partial charge in [0, 0.05) is 65.2 Å². The summed E-state index contributed by atoms with van der Waals surface area (Å²) < 4.78 is 30.3. The lowest BCUT2D eigenvalue weighted by Crippen LogP contribution is -2.50. The van der Waals surface area contributed by atoms with Gasteiger partial charge in [-0.3, -0.25) is 9.36 Å². The summed E-state index contributed by atoms with van der Waals surface area (Å²) in [4.78, 5) is 26.2. The van der Waals surface area contributed by atoms with Crippen LogP contribution in [0.2, 0.25) is 0 Å². The highest BCUT2D eigenvalue weighted by molar-refractivity contribution is 7.91. The lowest BCUT2D eigenvalue weighted by Gasteiger charge is -2.36. The number of piperazine rings is 1. The van der Waals surface area contributed by atoms with Gasteiger partial charge in [-0.1, -0.05) is 18.2 Å². The zero-order valence-corrected chi connectivity index (χ0v) is 24.9. The molecule has 2 fully saturated rings. The number of nitrogens with zero attached hydrogens (tertiary/aromatic N) is 6. The van der Waals surface area contributed by atoms with Gasteiger partial charge in [0.1, 0.15) is 17.7 Å². The fraction of sp³-hybridized carbons (Fsp3) is 0.281. The molecular weight excluding hydrogens is 579 g/mol. The summed E-state index contributed by atoms with van der Waals surface area (Å²) in [6.07, 6.45) is 6.61. The largest absolute Gasteiger partial charge is 0.606 e. The SMILES string of the molecule is CC1CNCCN1c1ccc(Nc2ncc3cc(C4CC4)c(=O)n(Cc4cnncc4[S+]([O-])c4ccccc4)c3n2)cc1F. The van der Waals surface area contributed by atoms with E-state index in [1.807, 2.05) is 24.3 Å². The molecule has 1 aliphatic heterocycles. The Labute approximate surface area is 256 Å². The van der Waals surface area contributed by atoms with E-state index < -0.39 is 11.2 Å². The highest BCUT2D eigenvalue weighted by Gasteiger charge is 2.29. The predicted molar refractivity (Wildman–Crippen MR) is 167 cm³/mol. The minimum absolute atomic E-state index is 0.0992. The third-order valence-electron chi connectivity index (χ3n) is 8.14. The van der Waals surface area contributed by atoms with Crippen molar-refractivity contribution in [3.05, 3.63) is 100 Å². The molecule has 1 aliphatic carbocycles. The third-order valence-corrected chi connectivity index (χ3v) is 9.61. The first-order chi connectivity index (χ1) is 21.5. The molecule has 1 saturated heterocycles. The highest BCUT2D eigenvalue weighted by Crippen LogP contribution is 2.39. The summed E-state index contributed by atoms with van der Waals surface area (Å²) in [7, 11) is 0. The Bertz CT molecular complexity index is 1880. The van der Waals surface area contributed by atoms with Crippen molar-refractivity contribution in [2.24, 2.45) is 0 Å². The first-order valence-electron chi connectivity index (χ1n) is 14.7. The van der Waals surface area contributed by atoms with Crippen molar-refractivity contribution in [2.45, 2.75) is 48.1 Å². The van der Waals surface area contributed by atoms with Crippen LogP contribution in [-0.4, -0.2) is 55.0 Å². The number of hydrogen-bond acceptors (Lipinski definition) is 9. The van der Waals surface area contributed by atoms with Crippen LogP contribution in [0, 0.1) is 5.82 Å². The second-order valence-corrected chi connectivity index (χ2v) is 12.7. The maximum absolute atomic E-state index is 15.3. The maximum Gasteiger partial charge on any atom is 0.256 e. The van der Waals surface area contributed by atoms with Crippen LogP contribution in [0.5, 0.6) is 0 Å². The third kappa shape index (κ3) is 5.63. The second kappa shape index (κ2) is 11.9. The van der Waals surface area contributed by atoms with Crippen molar-refractivity contribution in [2.75, 3.05) is 29.9 Å². The molecule has 0 bridgehead atoms. The van der Waals surface area contributed by atoms with Crippen LogP contribution in [0.1, 0.15) is 36.8 Å². The normalized spacial score (nSPS) is 17.5. The van der Waals surface area contributed by atoms with Crippen molar-refractivity contribution < 1.29 is 8.94 Å². The van der Waals surface area contributed by atoms with E-state index in [1.165, 1.54) is 12.3 Å².